The zero-order valence-electron chi connectivity index (χ0n) is 7.10. The molecule has 2 rings (SSSR count). The molecule has 1 unspecified atom stereocenters. The van der Waals surface area contributed by atoms with E-state index < -0.39 is 0 Å². The highest BCUT2D eigenvalue weighted by atomic mass is 32.1. The molecule has 0 spiro atoms. The van der Waals surface area contributed by atoms with Crippen molar-refractivity contribution in [2.45, 2.75) is 12.8 Å². The Balaban J connectivity index is 2.10. The molecule has 2 heterocycles. The third-order valence-corrected chi connectivity index (χ3v) is 2.98. The standard InChI is InChI=1S/C8H10N2O2S/c11-5-8(1-2-12-6-8)3-7-4-9-10-13-7/h4-5H,1-3,6H2. The Morgan fingerprint density at radius 2 is 2.69 bits per heavy atom. The lowest BCUT2D eigenvalue weighted by atomic mass is 9.85. The van der Waals surface area contributed by atoms with Crippen LogP contribution in [0, 0.1) is 5.41 Å². The average molecular weight is 198 g/mol. The lowest BCUT2D eigenvalue weighted by molar-refractivity contribution is -0.116. The summed E-state index contributed by atoms with van der Waals surface area (Å²) in [7, 11) is 0. The smallest absolute Gasteiger partial charge is 0.128 e. The first-order valence-electron chi connectivity index (χ1n) is 4.15. The third-order valence-electron chi connectivity index (χ3n) is 2.32. The van der Waals surface area contributed by atoms with E-state index in [2.05, 4.69) is 9.59 Å². The monoisotopic (exact) mass is 198 g/mol. The summed E-state index contributed by atoms with van der Waals surface area (Å²) in [5, 5.41) is 3.74. The van der Waals surface area contributed by atoms with Gasteiger partial charge in [0.25, 0.3) is 0 Å². The molecule has 1 aromatic heterocycles. The first-order valence-corrected chi connectivity index (χ1v) is 4.92. The Morgan fingerprint density at radius 1 is 1.77 bits per heavy atom. The number of carbonyl (C=O) groups excluding carboxylic acids is 1. The molecular weight excluding hydrogens is 188 g/mol. The predicted molar refractivity (Wildman–Crippen MR) is 47.5 cm³/mol. The van der Waals surface area contributed by atoms with Gasteiger partial charge in [-0.2, -0.15) is 0 Å². The van der Waals surface area contributed by atoms with Gasteiger partial charge in [-0.25, -0.2) is 0 Å². The van der Waals surface area contributed by atoms with E-state index in [9.17, 15) is 4.79 Å². The summed E-state index contributed by atoms with van der Waals surface area (Å²) in [4.78, 5) is 12.0. The minimum absolute atomic E-state index is 0.311. The molecule has 0 bridgehead atoms. The van der Waals surface area contributed by atoms with E-state index in [4.69, 9.17) is 4.74 Å². The molecule has 1 aliphatic heterocycles. The van der Waals surface area contributed by atoms with Crippen molar-refractivity contribution in [2.75, 3.05) is 13.2 Å². The van der Waals surface area contributed by atoms with Gasteiger partial charge in [0.15, 0.2) is 0 Å². The molecular formula is C8H10N2O2S. The Labute approximate surface area is 80.1 Å². The number of rotatable bonds is 3. The number of hydrogen-bond acceptors (Lipinski definition) is 5. The van der Waals surface area contributed by atoms with E-state index in [-0.39, 0.29) is 5.41 Å². The van der Waals surface area contributed by atoms with Gasteiger partial charge in [0.2, 0.25) is 0 Å². The van der Waals surface area contributed by atoms with Crippen molar-refractivity contribution in [3.8, 4) is 0 Å². The van der Waals surface area contributed by atoms with Gasteiger partial charge < -0.3 is 9.53 Å². The topological polar surface area (TPSA) is 52.1 Å². The van der Waals surface area contributed by atoms with Crippen LogP contribution in [0.1, 0.15) is 11.3 Å². The lowest BCUT2D eigenvalue weighted by Gasteiger charge is -2.17. The highest BCUT2D eigenvalue weighted by Crippen LogP contribution is 2.30. The fourth-order valence-corrected chi connectivity index (χ4v) is 2.15. The van der Waals surface area contributed by atoms with Crippen LogP contribution in [-0.4, -0.2) is 29.1 Å². The van der Waals surface area contributed by atoms with E-state index in [0.717, 1.165) is 17.6 Å². The summed E-state index contributed by atoms with van der Waals surface area (Å²) in [6.45, 7) is 1.22. The highest BCUT2D eigenvalue weighted by Gasteiger charge is 2.35. The van der Waals surface area contributed by atoms with Gasteiger partial charge in [-0.15, -0.1) is 5.10 Å². The third kappa shape index (κ3) is 1.76. The fraction of sp³-hybridized carbons (Fsp3) is 0.625. The number of nitrogens with zero attached hydrogens (tertiary/aromatic N) is 2. The minimum Gasteiger partial charge on any atom is -0.380 e. The van der Waals surface area contributed by atoms with Crippen LogP contribution in [0.5, 0.6) is 0 Å². The summed E-state index contributed by atoms with van der Waals surface area (Å²) >= 11 is 1.35. The Kier molecular flexibility index (Phi) is 2.37. The molecule has 5 heteroatoms. The second kappa shape index (κ2) is 3.51. The first-order chi connectivity index (χ1) is 6.35. The summed E-state index contributed by atoms with van der Waals surface area (Å²) in [5.74, 6) is 0. The van der Waals surface area contributed by atoms with Gasteiger partial charge in [0, 0.05) is 11.5 Å². The van der Waals surface area contributed by atoms with Crippen LogP contribution in [0.25, 0.3) is 0 Å². The van der Waals surface area contributed by atoms with E-state index in [0.29, 0.717) is 19.6 Å². The number of carbonyl (C=O) groups is 1. The number of aromatic nitrogens is 2. The van der Waals surface area contributed by atoms with Gasteiger partial charge in [-0.1, -0.05) is 4.49 Å². The van der Waals surface area contributed by atoms with Crippen molar-refractivity contribution >= 4 is 17.8 Å². The maximum atomic E-state index is 10.9. The molecule has 0 aliphatic carbocycles. The van der Waals surface area contributed by atoms with E-state index in [1.54, 1.807) is 6.20 Å². The molecule has 0 aromatic carbocycles. The second-order valence-corrected chi connectivity index (χ2v) is 4.21. The van der Waals surface area contributed by atoms with E-state index in [1.807, 2.05) is 0 Å². The molecule has 0 N–H and O–H groups in total. The molecule has 1 fully saturated rings. The van der Waals surface area contributed by atoms with Gasteiger partial charge in [-0.3, -0.25) is 0 Å². The summed E-state index contributed by atoms with van der Waals surface area (Å²) in [5.41, 5.74) is -0.311. The number of ether oxygens (including phenoxy) is 1. The van der Waals surface area contributed by atoms with Gasteiger partial charge in [0.05, 0.1) is 18.2 Å². The maximum absolute atomic E-state index is 10.9. The molecule has 1 aromatic rings. The van der Waals surface area contributed by atoms with Crippen LogP contribution in [-0.2, 0) is 16.0 Å². The Bertz CT molecular complexity index is 280. The summed E-state index contributed by atoms with van der Waals surface area (Å²) in [6, 6.07) is 0. The molecule has 0 saturated carbocycles. The van der Waals surface area contributed by atoms with Crippen molar-refractivity contribution in [1.82, 2.24) is 9.59 Å². The Morgan fingerprint density at radius 3 is 3.23 bits per heavy atom. The van der Waals surface area contributed by atoms with Gasteiger partial charge >= 0.3 is 0 Å². The van der Waals surface area contributed by atoms with E-state index >= 15 is 0 Å². The van der Waals surface area contributed by atoms with Crippen LogP contribution >= 0.6 is 11.5 Å². The molecule has 0 amide bonds. The molecule has 1 aliphatic rings. The number of hydrogen-bond donors (Lipinski definition) is 0. The minimum atomic E-state index is -0.311. The molecule has 0 radical (unpaired) electrons. The van der Waals surface area contributed by atoms with Gasteiger partial charge in [-0.05, 0) is 24.4 Å². The second-order valence-electron chi connectivity index (χ2n) is 3.34. The predicted octanol–water partition coefficient (Wildman–Crippen LogP) is 0.686. The number of aldehydes is 1. The van der Waals surface area contributed by atoms with E-state index in [1.165, 1.54) is 11.5 Å². The first kappa shape index (κ1) is 8.77. The zero-order chi connectivity index (χ0) is 9.15. The largest absolute Gasteiger partial charge is 0.380 e. The van der Waals surface area contributed by atoms with Crippen molar-refractivity contribution in [3.05, 3.63) is 11.1 Å². The lowest BCUT2D eigenvalue weighted by Crippen LogP contribution is -2.25. The van der Waals surface area contributed by atoms with Crippen molar-refractivity contribution in [1.29, 1.82) is 0 Å². The SMILES string of the molecule is O=CC1(Cc2cnns2)CCOC1. The van der Waals surface area contributed by atoms with Crippen LogP contribution in [0.3, 0.4) is 0 Å². The maximum Gasteiger partial charge on any atom is 0.128 e. The van der Waals surface area contributed by atoms with Crippen LogP contribution < -0.4 is 0 Å². The molecule has 70 valence electrons. The van der Waals surface area contributed by atoms with Crippen LogP contribution in [0.15, 0.2) is 6.20 Å². The molecule has 4 nitrogen and oxygen atoms in total. The quantitative estimate of drug-likeness (QED) is 0.670. The summed E-state index contributed by atoms with van der Waals surface area (Å²) in [6.07, 6.45) is 4.26. The van der Waals surface area contributed by atoms with Gasteiger partial charge in [0.1, 0.15) is 6.29 Å². The summed E-state index contributed by atoms with van der Waals surface area (Å²) < 4.78 is 9.00. The molecule has 1 saturated heterocycles. The van der Waals surface area contributed by atoms with Crippen molar-refractivity contribution in [3.63, 3.8) is 0 Å². The highest BCUT2D eigenvalue weighted by molar-refractivity contribution is 7.05. The van der Waals surface area contributed by atoms with Crippen LogP contribution in [0.4, 0.5) is 0 Å². The van der Waals surface area contributed by atoms with Crippen molar-refractivity contribution < 1.29 is 9.53 Å². The Hall–Kier alpha value is -0.810. The van der Waals surface area contributed by atoms with Crippen molar-refractivity contribution in [2.24, 2.45) is 5.41 Å². The molecule has 13 heavy (non-hydrogen) atoms. The fourth-order valence-electron chi connectivity index (χ4n) is 1.51. The molecule has 1 atom stereocenters. The average Bonchev–Trinajstić information content (AvgIpc) is 2.77. The zero-order valence-corrected chi connectivity index (χ0v) is 7.92. The van der Waals surface area contributed by atoms with Crippen LogP contribution in [0.2, 0.25) is 0 Å². The normalized spacial score (nSPS) is 27.7.